The van der Waals surface area contributed by atoms with E-state index >= 15 is 0 Å². The number of aromatic nitrogens is 1. The Bertz CT molecular complexity index is 306. The Morgan fingerprint density at radius 1 is 1.54 bits per heavy atom. The van der Waals surface area contributed by atoms with E-state index in [1.807, 2.05) is 13.0 Å². The van der Waals surface area contributed by atoms with Gasteiger partial charge in [-0.05, 0) is 37.9 Å². The average molecular weight is 180 g/mol. The predicted octanol–water partition coefficient (Wildman–Crippen LogP) is 1.95. The van der Waals surface area contributed by atoms with Gasteiger partial charge in [-0.2, -0.15) is 4.39 Å². The van der Waals surface area contributed by atoms with Gasteiger partial charge in [0.15, 0.2) is 0 Å². The lowest BCUT2D eigenvalue weighted by molar-refractivity contribution is 0.569. The maximum atomic E-state index is 12.7. The molecular formula is C10H13FN2. The molecule has 13 heavy (non-hydrogen) atoms. The maximum absolute atomic E-state index is 12.7. The summed E-state index contributed by atoms with van der Waals surface area (Å²) in [6.45, 7) is 2.92. The van der Waals surface area contributed by atoms with Gasteiger partial charge in [0.25, 0.3) is 0 Å². The molecule has 70 valence electrons. The Morgan fingerprint density at radius 2 is 2.38 bits per heavy atom. The summed E-state index contributed by atoms with van der Waals surface area (Å²) in [5.41, 5.74) is 1.94. The number of pyridine rings is 1. The van der Waals surface area contributed by atoms with Crippen molar-refractivity contribution in [2.24, 2.45) is 0 Å². The number of nitrogens with one attached hydrogen (secondary N) is 1. The quantitative estimate of drug-likeness (QED) is 0.668. The van der Waals surface area contributed by atoms with Crippen molar-refractivity contribution in [2.75, 3.05) is 6.54 Å². The molecule has 1 aromatic heterocycles. The molecule has 0 unspecified atom stereocenters. The van der Waals surface area contributed by atoms with E-state index in [0.29, 0.717) is 6.04 Å². The second-order valence-electron chi connectivity index (χ2n) is 3.46. The summed E-state index contributed by atoms with van der Waals surface area (Å²) in [5, 5.41) is 3.37. The molecule has 3 heteroatoms. The molecule has 0 radical (unpaired) electrons. The number of rotatable bonds is 1. The first-order chi connectivity index (χ1) is 6.27. The van der Waals surface area contributed by atoms with Crippen molar-refractivity contribution in [3.8, 4) is 0 Å². The lowest BCUT2D eigenvalue weighted by atomic mass is 10.0. The van der Waals surface area contributed by atoms with E-state index in [-0.39, 0.29) is 5.95 Å². The molecule has 2 rings (SSSR count). The molecule has 0 spiro atoms. The van der Waals surface area contributed by atoms with Crippen LogP contribution in [0.4, 0.5) is 4.39 Å². The fourth-order valence-electron chi connectivity index (χ4n) is 1.86. The first-order valence-corrected chi connectivity index (χ1v) is 4.64. The highest BCUT2D eigenvalue weighted by Gasteiger charge is 2.18. The van der Waals surface area contributed by atoms with Gasteiger partial charge in [-0.15, -0.1) is 0 Å². The van der Waals surface area contributed by atoms with E-state index < -0.39 is 0 Å². The zero-order chi connectivity index (χ0) is 9.26. The van der Waals surface area contributed by atoms with Crippen molar-refractivity contribution in [2.45, 2.75) is 25.8 Å². The van der Waals surface area contributed by atoms with Gasteiger partial charge in [0.05, 0.1) is 0 Å². The topological polar surface area (TPSA) is 24.9 Å². The van der Waals surface area contributed by atoms with Crippen LogP contribution in [-0.4, -0.2) is 11.5 Å². The fourth-order valence-corrected chi connectivity index (χ4v) is 1.86. The molecule has 0 amide bonds. The van der Waals surface area contributed by atoms with Gasteiger partial charge in [-0.3, -0.25) is 0 Å². The van der Waals surface area contributed by atoms with Gasteiger partial charge in [0.2, 0.25) is 5.95 Å². The summed E-state index contributed by atoms with van der Waals surface area (Å²) in [7, 11) is 0. The number of hydrogen-bond donors (Lipinski definition) is 1. The number of hydrogen-bond acceptors (Lipinski definition) is 2. The van der Waals surface area contributed by atoms with E-state index in [1.165, 1.54) is 12.5 Å². The number of halogens is 1. The minimum Gasteiger partial charge on any atom is -0.310 e. The minimum absolute atomic E-state index is 0.382. The zero-order valence-corrected chi connectivity index (χ0v) is 7.68. The number of nitrogens with zero attached hydrogens (tertiary/aromatic N) is 1. The monoisotopic (exact) mass is 180 g/mol. The normalized spacial score (nSPS) is 22.2. The van der Waals surface area contributed by atoms with Crippen LogP contribution in [0.15, 0.2) is 12.1 Å². The highest BCUT2D eigenvalue weighted by atomic mass is 19.1. The molecule has 1 aliphatic rings. The second kappa shape index (κ2) is 3.42. The van der Waals surface area contributed by atoms with Crippen molar-refractivity contribution in [3.05, 3.63) is 29.3 Å². The summed E-state index contributed by atoms with van der Waals surface area (Å²) in [4.78, 5) is 3.81. The predicted molar refractivity (Wildman–Crippen MR) is 48.9 cm³/mol. The SMILES string of the molecule is Cc1nc(F)ccc1[C@H]1CCCN1. The van der Waals surface area contributed by atoms with Crippen molar-refractivity contribution in [1.82, 2.24) is 10.3 Å². The molecule has 2 heterocycles. The summed E-state index contributed by atoms with van der Waals surface area (Å²) >= 11 is 0. The molecule has 2 nitrogen and oxygen atoms in total. The Morgan fingerprint density at radius 3 is 3.00 bits per heavy atom. The first-order valence-electron chi connectivity index (χ1n) is 4.64. The molecule has 0 aromatic carbocycles. The van der Waals surface area contributed by atoms with Crippen molar-refractivity contribution >= 4 is 0 Å². The highest BCUT2D eigenvalue weighted by Crippen LogP contribution is 2.24. The molecule has 1 N–H and O–H groups in total. The smallest absolute Gasteiger partial charge is 0.213 e. The zero-order valence-electron chi connectivity index (χ0n) is 7.68. The molecule has 1 saturated heterocycles. The number of aryl methyl sites for hydroxylation is 1. The summed E-state index contributed by atoms with van der Waals surface area (Å²) < 4.78 is 12.7. The van der Waals surface area contributed by atoms with Crippen LogP contribution >= 0.6 is 0 Å². The molecule has 1 fully saturated rings. The van der Waals surface area contributed by atoms with E-state index in [9.17, 15) is 4.39 Å². The summed E-state index contributed by atoms with van der Waals surface area (Å²) in [5.74, 6) is -0.390. The molecule has 0 aliphatic carbocycles. The lowest BCUT2D eigenvalue weighted by Crippen LogP contribution is -2.14. The second-order valence-corrected chi connectivity index (χ2v) is 3.46. The largest absolute Gasteiger partial charge is 0.310 e. The molecule has 0 bridgehead atoms. The third-order valence-corrected chi connectivity index (χ3v) is 2.53. The van der Waals surface area contributed by atoms with Crippen molar-refractivity contribution in [3.63, 3.8) is 0 Å². The Hall–Kier alpha value is -0.960. The summed E-state index contributed by atoms with van der Waals surface area (Å²) in [6.07, 6.45) is 2.33. The Balaban J connectivity index is 2.29. The van der Waals surface area contributed by atoms with Crippen LogP contribution in [0, 0.1) is 12.9 Å². The van der Waals surface area contributed by atoms with Crippen LogP contribution in [0.25, 0.3) is 0 Å². The first kappa shape index (κ1) is 8.63. The van der Waals surface area contributed by atoms with Crippen LogP contribution < -0.4 is 5.32 Å². The van der Waals surface area contributed by atoms with Crippen LogP contribution in [0.3, 0.4) is 0 Å². The van der Waals surface area contributed by atoms with E-state index in [1.54, 1.807) is 0 Å². The molecule has 1 atom stereocenters. The van der Waals surface area contributed by atoms with Crippen LogP contribution in [0.2, 0.25) is 0 Å². The average Bonchev–Trinajstić information content (AvgIpc) is 2.56. The minimum atomic E-state index is -0.390. The fraction of sp³-hybridized carbons (Fsp3) is 0.500. The van der Waals surface area contributed by atoms with Crippen molar-refractivity contribution in [1.29, 1.82) is 0 Å². The Kier molecular flexibility index (Phi) is 2.27. The third kappa shape index (κ3) is 1.70. The van der Waals surface area contributed by atoms with Gasteiger partial charge in [0, 0.05) is 11.7 Å². The van der Waals surface area contributed by atoms with Crippen LogP contribution in [-0.2, 0) is 0 Å². The van der Waals surface area contributed by atoms with Crippen LogP contribution in [0.5, 0.6) is 0 Å². The van der Waals surface area contributed by atoms with Crippen LogP contribution in [0.1, 0.15) is 30.1 Å². The molecule has 1 aromatic rings. The van der Waals surface area contributed by atoms with Gasteiger partial charge in [-0.25, -0.2) is 4.98 Å². The summed E-state index contributed by atoms with van der Waals surface area (Å²) in [6, 6.07) is 3.65. The van der Waals surface area contributed by atoms with E-state index in [4.69, 9.17) is 0 Å². The highest BCUT2D eigenvalue weighted by molar-refractivity contribution is 5.23. The van der Waals surface area contributed by atoms with E-state index in [0.717, 1.165) is 24.2 Å². The molecule has 1 aliphatic heterocycles. The molecule has 0 saturated carbocycles. The van der Waals surface area contributed by atoms with Gasteiger partial charge in [0.1, 0.15) is 0 Å². The van der Waals surface area contributed by atoms with Gasteiger partial charge < -0.3 is 5.32 Å². The lowest BCUT2D eigenvalue weighted by Gasteiger charge is -2.12. The van der Waals surface area contributed by atoms with Gasteiger partial charge in [-0.1, -0.05) is 6.07 Å². The van der Waals surface area contributed by atoms with Crippen molar-refractivity contribution < 1.29 is 4.39 Å². The molecular weight excluding hydrogens is 167 g/mol. The third-order valence-electron chi connectivity index (χ3n) is 2.53. The Labute approximate surface area is 77.2 Å². The maximum Gasteiger partial charge on any atom is 0.213 e. The van der Waals surface area contributed by atoms with Gasteiger partial charge >= 0.3 is 0 Å². The van der Waals surface area contributed by atoms with E-state index in [2.05, 4.69) is 10.3 Å². The standard InChI is InChI=1S/C10H13FN2/c1-7-8(4-5-10(11)13-7)9-3-2-6-12-9/h4-5,9,12H,2-3,6H2,1H3/t9-/m1/s1.